The number of pyridine rings is 1. The van der Waals surface area contributed by atoms with Crippen molar-refractivity contribution in [2.45, 2.75) is 0 Å². The lowest BCUT2D eigenvalue weighted by Gasteiger charge is -2.17. The van der Waals surface area contributed by atoms with E-state index in [2.05, 4.69) is 4.98 Å². The molecule has 4 nitrogen and oxygen atoms in total. The van der Waals surface area contributed by atoms with Gasteiger partial charge in [-0.3, -0.25) is 4.79 Å². The van der Waals surface area contributed by atoms with Gasteiger partial charge in [0, 0.05) is 12.7 Å². The maximum absolute atomic E-state index is 12.1. The number of ether oxygens (including phenoxy) is 1. The van der Waals surface area contributed by atoms with Crippen LogP contribution in [0.5, 0.6) is 5.88 Å². The maximum atomic E-state index is 12.1. The minimum Gasteiger partial charge on any atom is -0.466 e. The molecule has 0 aliphatic rings. The van der Waals surface area contributed by atoms with Crippen molar-refractivity contribution in [1.29, 1.82) is 0 Å². The largest absolute Gasteiger partial charge is 0.466 e. The van der Waals surface area contributed by atoms with E-state index in [9.17, 15) is 4.79 Å². The average Bonchev–Trinajstić information content (AvgIpc) is 2.49. The van der Waals surface area contributed by atoms with Crippen molar-refractivity contribution in [1.82, 2.24) is 4.98 Å². The molecule has 0 N–H and O–H groups in total. The molecule has 1 aromatic heterocycles. The van der Waals surface area contributed by atoms with Crippen LogP contribution in [-0.2, 0) is 4.79 Å². The third kappa shape index (κ3) is 4.00. The predicted molar refractivity (Wildman–Crippen MR) is 84.6 cm³/mol. The van der Waals surface area contributed by atoms with Crippen LogP contribution < -0.4 is 9.64 Å². The van der Waals surface area contributed by atoms with Crippen molar-refractivity contribution in [2.24, 2.45) is 0 Å². The summed E-state index contributed by atoms with van der Waals surface area (Å²) < 4.78 is 5.30. The van der Waals surface area contributed by atoms with Gasteiger partial charge < -0.3 is 9.64 Å². The lowest BCUT2D eigenvalue weighted by atomic mass is 10.3. The van der Waals surface area contributed by atoms with Gasteiger partial charge in [0.25, 0.3) is 5.91 Å². The molecule has 0 saturated heterocycles. The summed E-state index contributed by atoms with van der Waals surface area (Å²) in [7, 11) is 1.66. The molecule has 0 bridgehead atoms. The molecule has 7 heteroatoms. The SMILES string of the molecule is CN(C(=O)COc1nc(Cl)c(Cl)cc1Cl)c1ccccc1. The lowest BCUT2D eigenvalue weighted by molar-refractivity contribution is -0.120. The van der Waals surface area contributed by atoms with Crippen LogP contribution in [0.15, 0.2) is 36.4 Å². The lowest BCUT2D eigenvalue weighted by Crippen LogP contribution is -2.31. The number of benzene rings is 1. The molecular formula is C14H11Cl3N2O2. The minimum atomic E-state index is -0.245. The van der Waals surface area contributed by atoms with Crippen LogP contribution in [-0.4, -0.2) is 24.5 Å². The number of hydrogen-bond donors (Lipinski definition) is 0. The Bertz CT molecular complexity index is 650. The molecule has 2 aromatic rings. The molecule has 0 radical (unpaired) electrons. The number of rotatable bonds is 4. The summed E-state index contributed by atoms with van der Waals surface area (Å²) in [6.45, 7) is -0.212. The normalized spacial score (nSPS) is 10.3. The zero-order valence-corrected chi connectivity index (χ0v) is 13.3. The van der Waals surface area contributed by atoms with Crippen LogP contribution in [0.1, 0.15) is 0 Å². The number of carbonyl (C=O) groups excluding carboxylic acids is 1. The number of likely N-dealkylation sites (N-methyl/N-ethyl adjacent to an activating group) is 1. The van der Waals surface area contributed by atoms with E-state index in [-0.39, 0.29) is 33.6 Å². The fraction of sp³-hybridized carbons (Fsp3) is 0.143. The van der Waals surface area contributed by atoms with Crippen molar-refractivity contribution < 1.29 is 9.53 Å². The van der Waals surface area contributed by atoms with Crippen molar-refractivity contribution in [3.8, 4) is 5.88 Å². The first-order chi connectivity index (χ1) is 9.99. The van der Waals surface area contributed by atoms with E-state index in [0.29, 0.717) is 0 Å². The van der Waals surface area contributed by atoms with Crippen molar-refractivity contribution in [3.05, 3.63) is 51.6 Å². The molecule has 0 aliphatic heterocycles. The molecule has 0 atom stereocenters. The summed E-state index contributed by atoms with van der Waals surface area (Å²) in [5.74, 6) is -0.175. The zero-order valence-electron chi connectivity index (χ0n) is 11.0. The van der Waals surface area contributed by atoms with Crippen LogP contribution in [0.2, 0.25) is 15.2 Å². The number of amides is 1. The van der Waals surface area contributed by atoms with Crippen LogP contribution in [0.3, 0.4) is 0 Å². The first kappa shape index (κ1) is 15.9. The molecule has 1 amide bonds. The van der Waals surface area contributed by atoms with Crippen LogP contribution in [0.4, 0.5) is 5.69 Å². The summed E-state index contributed by atoms with van der Waals surface area (Å²) in [5, 5.41) is 0.487. The molecule has 1 aromatic carbocycles. The fourth-order valence-corrected chi connectivity index (χ4v) is 2.10. The number of aromatic nitrogens is 1. The molecule has 1 heterocycles. The van der Waals surface area contributed by atoms with E-state index in [1.165, 1.54) is 11.0 Å². The highest BCUT2D eigenvalue weighted by Crippen LogP contribution is 2.30. The van der Waals surface area contributed by atoms with Gasteiger partial charge in [-0.25, -0.2) is 0 Å². The Morgan fingerprint density at radius 2 is 1.86 bits per heavy atom. The van der Waals surface area contributed by atoms with Crippen LogP contribution in [0.25, 0.3) is 0 Å². The third-order valence-corrected chi connectivity index (χ3v) is 3.65. The Hall–Kier alpha value is -1.49. The molecule has 0 spiro atoms. The number of para-hydroxylation sites is 1. The van der Waals surface area contributed by atoms with Gasteiger partial charge in [0.1, 0.15) is 5.02 Å². The summed E-state index contributed by atoms with van der Waals surface area (Å²) in [5.41, 5.74) is 0.763. The Balaban J connectivity index is 2.03. The van der Waals surface area contributed by atoms with Crippen LogP contribution in [0, 0.1) is 0 Å². The fourth-order valence-electron chi connectivity index (χ4n) is 1.55. The molecular weight excluding hydrogens is 335 g/mol. The van der Waals surface area contributed by atoms with Crippen molar-refractivity contribution in [3.63, 3.8) is 0 Å². The number of nitrogens with zero attached hydrogens (tertiary/aromatic N) is 2. The average molecular weight is 346 g/mol. The van der Waals surface area contributed by atoms with Gasteiger partial charge in [0.15, 0.2) is 11.8 Å². The van der Waals surface area contributed by atoms with Crippen molar-refractivity contribution >= 4 is 46.4 Å². The van der Waals surface area contributed by atoms with Gasteiger partial charge in [-0.15, -0.1) is 0 Å². The monoisotopic (exact) mass is 344 g/mol. The zero-order chi connectivity index (χ0) is 15.4. The van der Waals surface area contributed by atoms with Gasteiger partial charge in [-0.2, -0.15) is 4.98 Å². The summed E-state index contributed by atoms with van der Waals surface area (Å²) in [6, 6.07) is 10.6. The van der Waals surface area contributed by atoms with Gasteiger partial charge in [0.05, 0.1) is 5.02 Å². The summed E-state index contributed by atoms with van der Waals surface area (Å²) in [4.78, 5) is 17.4. The third-order valence-electron chi connectivity index (χ3n) is 2.70. The minimum absolute atomic E-state index is 0.0694. The number of halogens is 3. The molecule has 0 saturated carbocycles. The molecule has 0 fully saturated rings. The maximum Gasteiger partial charge on any atom is 0.264 e. The Morgan fingerprint density at radius 3 is 2.52 bits per heavy atom. The second-order valence-electron chi connectivity index (χ2n) is 4.12. The number of anilines is 1. The predicted octanol–water partition coefficient (Wildman–Crippen LogP) is 4.08. The van der Waals surface area contributed by atoms with E-state index < -0.39 is 0 Å². The van der Waals surface area contributed by atoms with Gasteiger partial charge in [-0.1, -0.05) is 53.0 Å². The number of carbonyl (C=O) groups is 1. The highest BCUT2D eigenvalue weighted by Gasteiger charge is 2.14. The first-order valence-corrected chi connectivity index (χ1v) is 7.08. The Kier molecular flexibility index (Phi) is 5.28. The molecule has 110 valence electrons. The second-order valence-corrected chi connectivity index (χ2v) is 5.30. The molecule has 0 unspecified atom stereocenters. The van der Waals surface area contributed by atoms with Gasteiger partial charge in [0.2, 0.25) is 5.88 Å². The van der Waals surface area contributed by atoms with Crippen LogP contribution >= 0.6 is 34.8 Å². The number of hydrogen-bond acceptors (Lipinski definition) is 3. The summed E-state index contributed by atoms with van der Waals surface area (Å²) in [6.07, 6.45) is 0. The van der Waals surface area contributed by atoms with E-state index in [1.54, 1.807) is 7.05 Å². The topological polar surface area (TPSA) is 42.4 Å². The highest BCUT2D eigenvalue weighted by molar-refractivity contribution is 6.42. The van der Waals surface area contributed by atoms with E-state index in [1.807, 2.05) is 30.3 Å². The Morgan fingerprint density at radius 1 is 1.19 bits per heavy atom. The van der Waals surface area contributed by atoms with E-state index >= 15 is 0 Å². The summed E-state index contributed by atoms with van der Waals surface area (Å²) >= 11 is 17.5. The van der Waals surface area contributed by atoms with E-state index in [0.717, 1.165) is 5.69 Å². The highest BCUT2D eigenvalue weighted by atomic mass is 35.5. The van der Waals surface area contributed by atoms with Gasteiger partial charge >= 0.3 is 0 Å². The second kappa shape index (κ2) is 6.98. The quantitative estimate of drug-likeness (QED) is 0.784. The smallest absolute Gasteiger partial charge is 0.264 e. The molecule has 21 heavy (non-hydrogen) atoms. The van der Waals surface area contributed by atoms with Crippen molar-refractivity contribution in [2.75, 3.05) is 18.6 Å². The first-order valence-electron chi connectivity index (χ1n) is 5.95. The van der Waals surface area contributed by atoms with E-state index in [4.69, 9.17) is 39.5 Å². The molecule has 0 aliphatic carbocycles. The van der Waals surface area contributed by atoms with Gasteiger partial charge in [-0.05, 0) is 18.2 Å². The standard InChI is InChI=1S/C14H11Cl3N2O2/c1-19(9-5-3-2-4-6-9)12(20)8-21-14-11(16)7-10(15)13(17)18-14/h2-7H,8H2,1H3. The molecule has 2 rings (SSSR count). The Labute approximate surface area is 137 Å².